The van der Waals surface area contributed by atoms with Crippen LogP contribution < -0.4 is 11.1 Å². The molecule has 1 aromatic rings. The summed E-state index contributed by atoms with van der Waals surface area (Å²) in [5.41, 5.74) is 7.89. The summed E-state index contributed by atoms with van der Waals surface area (Å²) in [5, 5.41) is 2.86. The van der Waals surface area contributed by atoms with Crippen molar-refractivity contribution in [2.45, 2.75) is 40.0 Å². The van der Waals surface area contributed by atoms with Crippen molar-refractivity contribution < 1.29 is 9.18 Å². The zero-order valence-electron chi connectivity index (χ0n) is 13.1. The van der Waals surface area contributed by atoms with Crippen molar-refractivity contribution in [3.8, 4) is 0 Å². The molecule has 0 atom stereocenters. The van der Waals surface area contributed by atoms with E-state index in [4.69, 9.17) is 5.73 Å². The van der Waals surface area contributed by atoms with E-state index >= 15 is 0 Å². The third-order valence-electron chi connectivity index (χ3n) is 3.31. The minimum Gasteiger partial charge on any atom is -0.402 e. The summed E-state index contributed by atoms with van der Waals surface area (Å²) in [6, 6.07) is 6.41. The lowest BCUT2D eigenvalue weighted by molar-refractivity contribution is -0.117. The average molecular weight is 292 g/mol. The maximum atomic E-state index is 13.1. The van der Waals surface area contributed by atoms with Gasteiger partial charge in [-0.05, 0) is 49.8 Å². The third-order valence-corrected chi connectivity index (χ3v) is 3.31. The molecule has 0 fully saturated rings. The van der Waals surface area contributed by atoms with Gasteiger partial charge in [-0.1, -0.05) is 26.0 Å². The van der Waals surface area contributed by atoms with E-state index in [0.29, 0.717) is 36.6 Å². The van der Waals surface area contributed by atoms with Crippen LogP contribution in [0.15, 0.2) is 35.5 Å². The Bertz CT molecular complexity index is 505. The molecule has 3 N–H and O–H groups in total. The second kappa shape index (κ2) is 8.45. The molecule has 1 rings (SSSR count). The van der Waals surface area contributed by atoms with Gasteiger partial charge in [-0.2, -0.15) is 0 Å². The van der Waals surface area contributed by atoms with E-state index in [0.717, 1.165) is 12.0 Å². The van der Waals surface area contributed by atoms with Gasteiger partial charge in [0.25, 0.3) is 0 Å². The third kappa shape index (κ3) is 6.43. The summed E-state index contributed by atoms with van der Waals surface area (Å²) in [6.45, 7) is 6.46. The van der Waals surface area contributed by atoms with Crippen LogP contribution in [-0.2, 0) is 11.2 Å². The summed E-state index contributed by atoms with van der Waals surface area (Å²) in [4.78, 5) is 12.1. The Balaban J connectivity index is 2.49. The smallest absolute Gasteiger partial charge is 0.248 e. The summed E-state index contributed by atoms with van der Waals surface area (Å²) in [6.07, 6.45) is 2.22. The van der Waals surface area contributed by atoms with Crippen LogP contribution in [0.25, 0.3) is 0 Å². The van der Waals surface area contributed by atoms with Gasteiger partial charge in [0, 0.05) is 17.8 Å². The van der Waals surface area contributed by atoms with Crippen molar-refractivity contribution in [1.82, 2.24) is 5.32 Å². The maximum Gasteiger partial charge on any atom is 0.248 e. The average Bonchev–Trinajstić information content (AvgIpc) is 2.38. The molecule has 0 aliphatic rings. The molecule has 21 heavy (non-hydrogen) atoms. The Morgan fingerprint density at radius 2 is 2.10 bits per heavy atom. The Morgan fingerprint density at radius 1 is 1.38 bits per heavy atom. The molecule has 0 radical (unpaired) electrons. The quantitative estimate of drug-likeness (QED) is 0.758. The molecule has 3 nitrogen and oxygen atoms in total. The molecule has 116 valence electrons. The molecular weight excluding hydrogens is 267 g/mol. The first-order valence-electron chi connectivity index (χ1n) is 7.38. The van der Waals surface area contributed by atoms with Gasteiger partial charge in [-0.25, -0.2) is 4.39 Å². The van der Waals surface area contributed by atoms with Crippen LogP contribution in [0, 0.1) is 11.7 Å². The molecule has 1 aromatic carbocycles. The molecule has 0 unspecified atom stereocenters. The standard InChI is InChI=1S/C17H25FN2O/c1-12(2)7-8-16(13(3)19)17(21)20-10-9-14-5-4-6-15(18)11-14/h4-6,11-12H,7-10,19H2,1-3H3,(H,20,21). The van der Waals surface area contributed by atoms with Gasteiger partial charge < -0.3 is 11.1 Å². The maximum absolute atomic E-state index is 13.1. The van der Waals surface area contributed by atoms with Crippen molar-refractivity contribution in [3.63, 3.8) is 0 Å². The SMILES string of the molecule is CC(N)=C(CCC(C)C)C(=O)NCCc1cccc(F)c1. The fourth-order valence-corrected chi connectivity index (χ4v) is 2.04. The zero-order valence-corrected chi connectivity index (χ0v) is 13.1. The predicted octanol–water partition coefficient (Wildman–Crippen LogP) is 3.15. The van der Waals surface area contributed by atoms with Crippen LogP contribution >= 0.6 is 0 Å². The number of hydrogen-bond acceptors (Lipinski definition) is 2. The van der Waals surface area contributed by atoms with Crippen molar-refractivity contribution in [2.24, 2.45) is 11.7 Å². The van der Waals surface area contributed by atoms with Crippen LogP contribution in [-0.4, -0.2) is 12.5 Å². The van der Waals surface area contributed by atoms with Gasteiger partial charge in [0.15, 0.2) is 0 Å². The van der Waals surface area contributed by atoms with E-state index in [1.807, 2.05) is 6.07 Å². The number of hydrogen-bond donors (Lipinski definition) is 2. The van der Waals surface area contributed by atoms with E-state index in [1.165, 1.54) is 12.1 Å². The Kier molecular flexibility index (Phi) is 6.92. The molecule has 0 spiro atoms. The first-order chi connectivity index (χ1) is 9.90. The van der Waals surface area contributed by atoms with Crippen molar-refractivity contribution in [2.75, 3.05) is 6.54 Å². The minimum absolute atomic E-state index is 0.118. The van der Waals surface area contributed by atoms with Gasteiger partial charge in [0.1, 0.15) is 5.82 Å². The van der Waals surface area contributed by atoms with Crippen LogP contribution in [0.3, 0.4) is 0 Å². The second-order valence-corrected chi connectivity index (χ2v) is 5.73. The normalized spacial score (nSPS) is 12.2. The van der Waals surface area contributed by atoms with Gasteiger partial charge in [0.2, 0.25) is 5.91 Å². The van der Waals surface area contributed by atoms with E-state index in [1.54, 1.807) is 13.0 Å². The van der Waals surface area contributed by atoms with Gasteiger partial charge in [-0.3, -0.25) is 4.79 Å². The highest BCUT2D eigenvalue weighted by atomic mass is 19.1. The lowest BCUT2D eigenvalue weighted by Crippen LogP contribution is -2.29. The molecule has 0 aromatic heterocycles. The number of nitrogens with one attached hydrogen (secondary N) is 1. The van der Waals surface area contributed by atoms with Crippen molar-refractivity contribution in [1.29, 1.82) is 0 Å². The fourth-order valence-electron chi connectivity index (χ4n) is 2.04. The van der Waals surface area contributed by atoms with Crippen molar-refractivity contribution >= 4 is 5.91 Å². The van der Waals surface area contributed by atoms with Gasteiger partial charge in [0.05, 0.1) is 0 Å². The van der Waals surface area contributed by atoms with Crippen LogP contribution in [0.1, 0.15) is 39.2 Å². The lowest BCUT2D eigenvalue weighted by atomic mass is 10.0. The number of nitrogens with two attached hydrogens (primary N) is 1. The topological polar surface area (TPSA) is 55.1 Å². The molecule has 0 aliphatic heterocycles. The highest BCUT2D eigenvalue weighted by Gasteiger charge is 2.12. The van der Waals surface area contributed by atoms with E-state index in [2.05, 4.69) is 19.2 Å². The summed E-state index contributed by atoms with van der Waals surface area (Å²) in [7, 11) is 0. The number of carbonyl (C=O) groups is 1. The lowest BCUT2D eigenvalue weighted by Gasteiger charge is -2.12. The largest absolute Gasteiger partial charge is 0.402 e. The molecular formula is C17H25FN2O. The molecule has 0 saturated carbocycles. The van der Waals surface area contributed by atoms with E-state index in [-0.39, 0.29) is 11.7 Å². The van der Waals surface area contributed by atoms with Gasteiger partial charge >= 0.3 is 0 Å². The highest BCUT2D eigenvalue weighted by molar-refractivity contribution is 5.93. The zero-order chi connectivity index (χ0) is 15.8. The second-order valence-electron chi connectivity index (χ2n) is 5.73. The molecule has 0 saturated heterocycles. The molecule has 0 aliphatic carbocycles. The molecule has 1 amide bonds. The minimum atomic E-state index is -0.255. The number of carbonyl (C=O) groups excluding carboxylic acids is 1. The Hall–Kier alpha value is -1.84. The number of benzene rings is 1. The molecule has 0 heterocycles. The monoisotopic (exact) mass is 292 g/mol. The highest BCUT2D eigenvalue weighted by Crippen LogP contribution is 2.13. The van der Waals surface area contributed by atoms with Gasteiger partial charge in [-0.15, -0.1) is 0 Å². The summed E-state index contributed by atoms with van der Waals surface area (Å²) >= 11 is 0. The number of halogens is 1. The number of allylic oxidation sites excluding steroid dienone is 1. The Labute approximate surface area is 126 Å². The molecule has 0 bridgehead atoms. The van der Waals surface area contributed by atoms with Crippen LogP contribution in [0.4, 0.5) is 4.39 Å². The summed E-state index contributed by atoms with van der Waals surface area (Å²) < 4.78 is 13.1. The van der Waals surface area contributed by atoms with Crippen molar-refractivity contribution in [3.05, 3.63) is 46.9 Å². The number of amides is 1. The Morgan fingerprint density at radius 3 is 2.67 bits per heavy atom. The van der Waals surface area contributed by atoms with Crippen LogP contribution in [0.2, 0.25) is 0 Å². The molecule has 4 heteroatoms. The van der Waals surface area contributed by atoms with Crippen LogP contribution in [0.5, 0.6) is 0 Å². The predicted molar refractivity (Wildman–Crippen MR) is 84.1 cm³/mol. The first kappa shape index (κ1) is 17.2. The van der Waals surface area contributed by atoms with E-state index in [9.17, 15) is 9.18 Å². The fraction of sp³-hybridized carbons (Fsp3) is 0.471. The number of rotatable bonds is 7. The first-order valence-corrected chi connectivity index (χ1v) is 7.38. The summed E-state index contributed by atoms with van der Waals surface area (Å²) in [5.74, 6) is 0.153. The van der Waals surface area contributed by atoms with E-state index < -0.39 is 0 Å².